The summed E-state index contributed by atoms with van der Waals surface area (Å²) in [5.41, 5.74) is 0.918. The van der Waals surface area contributed by atoms with Crippen molar-refractivity contribution < 1.29 is 0 Å². The summed E-state index contributed by atoms with van der Waals surface area (Å²) in [6.45, 7) is 2.11. The Kier molecular flexibility index (Phi) is 4.36. The molecule has 1 aromatic carbocycles. The molecule has 0 atom stereocenters. The number of piperidine rings is 1. The van der Waals surface area contributed by atoms with Crippen molar-refractivity contribution >= 4 is 44.8 Å². The van der Waals surface area contributed by atoms with Gasteiger partial charge in [0.1, 0.15) is 0 Å². The van der Waals surface area contributed by atoms with E-state index in [0.29, 0.717) is 16.1 Å². The molecule has 1 aliphatic rings. The van der Waals surface area contributed by atoms with Crippen molar-refractivity contribution in [2.24, 2.45) is 0 Å². The number of nitrogens with one attached hydrogen (secondary N) is 2. The van der Waals surface area contributed by atoms with Crippen molar-refractivity contribution in [2.75, 3.05) is 18.4 Å². The highest BCUT2D eigenvalue weighted by Crippen LogP contribution is 2.36. The average molecular weight is 324 g/mol. The molecule has 2 N–H and O–H groups in total. The molecule has 16 heavy (non-hydrogen) atoms. The molecule has 0 aromatic heterocycles. The molecule has 5 heteroatoms. The zero-order valence-corrected chi connectivity index (χ0v) is 11.8. The van der Waals surface area contributed by atoms with Crippen molar-refractivity contribution in [3.63, 3.8) is 0 Å². The maximum absolute atomic E-state index is 6.18. The van der Waals surface area contributed by atoms with Gasteiger partial charge in [0.2, 0.25) is 0 Å². The molecule has 1 heterocycles. The second-order valence-electron chi connectivity index (χ2n) is 3.89. The minimum Gasteiger partial charge on any atom is -0.381 e. The minimum absolute atomic E-state index is 0.482. The Hall–Kier alpha value is 0.0400. The summed E-state index contributed by atoms with van der Waals surface area (Å²) in [4.78, 5) is 0. The summed E-state index contributed by atoms with van der Waals surface area (Å²) >= 11 is 15.6. The van der Waals surface area contributed by atoms with E-state index in [1.54, 1.807) is 0 Å². The summed E-state index contributed by atoms with van der Waals surface area (Å²) in [6.07, 6.45) is 2.23. The maximum Gasteiger partial charge on any atom is 0.0835 e. The molecule has 1 aliphatic heterocycles. The standard InChI is InChI=1S/C11H13BrCl2N2/c12-8-1-2-9(11(14)10(8)13)16-7-3-5-15-6-4-7/h1-2,7,15-16H,3-6H2. The predicted octanol–water partition coefficient (Wildman–Crippen LogP) is 3.92. The Balaban J connectivity index is 2.11. The zero-order chi connectivity index (χ0) is 11.5. The van der Waals surface area contributed by atoms with Gasteiger partial charge in [0.25, 0.3) is 0 Å². The molecule has 1 saturated heterocycles. The quantitative estimate of drug-likeness (QED) is 0.806. The third kappa shape index (κ3) is 2.83. The van der Waals surface area contributed by atoms with Crippen LogP contribution in [0.15, 0.2) is 16.6 Å². The van der Waals surface area contributed by atoms with Gasteiger partial charge in [-0.25, -0.2) is 0 Å². The van der Waals surface area contributed by atoms with E-state index in [1.807, 2.05) is 12.1 Å². The van der Waals surface area contributed by atoms with Gasteiger partial charge in [0.15, 0.2) is 0 Å². The molecule has 0 bridgehead atoms. The lowest BCUT2D eigenvalue weighted by Gasteiger charge is -2.25. The third-order valence-electron chi connectivity index (χ3n) is 2.73. The van der Waals surface area contributed by atoms with E-state index in [0.717, 1.165) is 36.1 Å². The number of hydrogen-bond acceptors (Lipinski definition) is 2. The number of anilines is 1. The van der Waals surface area contributed by atoms with E-state index in [2.05, 4.69) is 26.6 Å². The SMILES string of the molecule is Clc1c(Br)ccc(NC2CCNCC2)c1Cl. The molecule has 1 aromatic rings. The van der Waals surface area contributed by atoms with Crippen LogP contribution in [0.25, 0.3) is 0 Å². The highest BCUT2D eigenvalue weighted by molar-refractivity contribution is 9.10. The van der Waals surface area contributed by atoms with Crippen LogP contribution in [-0.4, -0.2) is 19.1 Å². The lowest BCUT2D eigenvalue weighted by atomic mass is 10.1. The summed E-state index contributed by atoms with van der Waals surface area (Å²) in [5.74, 6) is 0. The van der Waals surface area contributed by atoms with E-state index in [1.165, 1.54) is 0 Å². The highest BCUT2D eigenvalue weighted by Gasteiger charge is 2.15. The Labute approximate surface area is 114 Å². The third-order valence-corrected chi connectivity index (χ3v) is 4.50. The Bertz CT molecular complexity index is 378. The topological polar surface area (TPSA) is 24.1 Å². The number of halogens is 3. The van der Waals surface area contributed by atoms with Crippen LogP contribution in [0, 0.1) is 0 Å². The maximum atomic E-state index is 6.18. The molecular formula is C11H13BrCl2N2. The van der Waals surface area contributed by atoms with E-state index >= 15 is 0 Å². The van der Waals surface area contributed by atoms with E-state index < -0.39 is 0 Å². The van der Waals surface area contributed by atoms with Crippen LogP contribution in [0.1, 0.15) is 12.8 Å². The second kappa shape index (κ2) is 5.58. The van der Waals surface area contributed by atoms with E-state index in [9.17, 15) is 0 Å². The number of rotatable bonds is 2. The summed E-state index contributed by atoms with van der Waals surface area (Å²) < 4.78 is 0.829. The average Bonchev–Trinajstić information content (AvgIpc) is 2.31. The molecule has 0 spiro atoms. The van der Waals surface area contributed by atoms with Crippen molar-refractivity contribution in [3.05, 3.63) is 26.7 Å². The van der Waals surface area contributed by atoms with Crippen molar-refractivity contribution in [2.45, 2.75) is 18.9 Å². The van der Waals surface area contributed by atoms with Gasteiger partial charge in [-0.15, -0.1) is 0 Å². The molecule has 0 amide bonds. The molecule has 1 fully saturated rings. The smallest absolute Gasteiger partial charge is 0.0835 e. The van der Waals surface area contributed by atoms with Crippen LogP contribution >= 0.6 is 39.1 Å². The first-order valence-corrected chi connectivity index (χ1v) is 6.84. The van der Waals surface area contributed by atoms with Gasteiger partial charge in [0.05, 0.1) is 15.7 Å². The van der Waals surface area contributed by atoms with Crippen LogP contribution in [0.3, 0.4) is 0 Å². The molecular weight excluding hydrogens is 311 g/mol. The van der Waals surface area contributed by atoms with Crippen LogP contribution in [0.4, 0.5) is 5.69 Å². The molecule has 0 aliphatic carbocycles. The molecule has 88 valence electrons. The fourth-order valence-electron chi connectivity index (χ4n) is 1.82. The summed E-state index contributed by atoms with van der Waals surface area (Å²) in [6, 6.07) is 4.36. The molecule has 2 nitrogen and oxygen atoms in total. The number of benzene rings is 1. The largest absolute Gasteiger partial charge is 0.381 e. The van der Waals surface area contributed by atoms with E-state index in [-0.39, 0.29) is 0 Å². The van der Waals surface area contributed by atoms with Gasteiger partial charge in [-0.1, -0.05) is 23.2 Å². The first-order chi connectivity index (χ1) is 7.68. The zero-order valence-electron chi connectivity index (χ0n) is 8.69. The van der Waals surface area contributed by atoms with Crippen LogP contribution in [-0.2, 0) is 0 Å². The summed E-state index contributed by atoms with van der Waals surface area (Å²) in [5, 5.41) is 7.93. The minimum atomic E-state index is 0.482. The molecule has 0 unspecified atom stereocenters. The van der Waals surface area contributed by atoms with Crippen molar-refractivity contribution in [1.82, 2.24) is 5.32 Å². The summed E-state index contributed by atoms with van der Waals surface area (Å²) in [7, 11) is 0. The lowest BCUT2D eigenvalue weighted by molar-refractivity contribution is 0.479. The fourth-order valence-corrected chi connectivity index (χ4v) is 2.65. The van der Waals surface area contributed by atoms with Gasteiger partial charge in [-0.2, -0.15) is 0 Å². The Morgan fingerprint density at radius 1 is 1.19 bits per heavy atom. The monoisotopic (exact) mass is 322 g/mol. The molecule has 0 saturated carbocycles. The number of hydrogen-bond donors (Lipinski definition) is 2. The molecule has 2 rings (SSSR count). The van der Waals surface area contributed by atoms with Crippen LogP contribution < -0.4 is 10.6 Å². The van der Waals surface area contributed by atoms with Gasteiger partial charge in [-0.05, 0) is 54.0 Å². The van der Waals surface area contributed by atoms with Gasteiger partial charge < -0.3 is 10.6 Å². The van der Waals surface area contributed by atoms with Gasteiger partial charge in [-0.3, -0.25) is 0 Å². The lowest BCUT2D eigenvalue weighted by Crippen LogP contribution is -2.35. The van der Waals surface area contributed by atoms with E-state index in [4.69, 9.17) is 23.2 Å². The fraction of sp³-hybridized carbons (Fsp3) is 0.455. The molecule has 0 radical (unpaired) electrons. The normalized spacial score (nSPS) is 17.4. The first-order valence-electron chi connectivity index (χ1n) is 5.29. The van der Waals surface area contributed by atoms with Crippen LogP contribution in [0.5, 0.6) is 0 Å². The van der Waals surface area contributed by atoms with Crippen LogP contribution in [0.2, 0.25) is 10.0 Å². The van der Waals surface area contributed by atoms with Gasteiger partial charge in [0, 0.05) is 10.5 Å². The van der Waals surface area contributed by atoms with Gasteiger partial charge >= 0.3 is 0 Å². The predicted molar refractivity (Wildman–Crippen MR) is 73.7 cm³/mol. The second-order valence-corrected chi connectivity index (χ2v) is 5.50. The highest BCUT2D eigenvalue weighted by atomic mass is 79.9. The Morgan fingerprint density at radius 3 is 2.56 bits per heavy atom. The van der Waals surface area contributed by atoms with Crippen molar-refractivity contribution in [3.8, 4) is 0 Å². The Morgan fingerprint density at radius 2 is 1.88 bits per heavy atom. The first kappa shape index (κ1) is 12.5. The van der Waals surface area contributed by atoms with Crippen molar-refractivity contribution in [1.29, 1.82) is 0 Å².